The summed E-state index contributed by atoms with van der Waals surface area (Å²) >= 11 is 0. The van der Waals surface area contributed by atoms with Gasteiger partial charge in [-0.25, -0.2) is 15.0 Å². The molecule has 2 aromatic carbocycles. The Morgan fingerprint density at radius 3 is 1.46 bits per heavy atom. The molecule has 0 bridgehead atoms. The zero-order valence-electron chi connectivity index (χ0n) is 18.7. The van der Waals surface area contributed by atoms with Crippen LogP contribution in [0.5, 0.6) is 0 Å². The highest BCUT2D eigenvalue weighted by atomic mass is 15.0. The molecule has 0 saturated heterocycles. The van der Waals surface area contributed by atoms with Gasteiger partial charge in [0.25, 0.3) is 0 Å². The number of hydrogen-bond donors (Lipinski definition) is 0. The summed E-state index contributed by atoms with van der Waals surface area (Å²) in [6, 6.07) is 20.2. The first kappa shape index (κ1) is 19.5. The highest BCUT2D eigenvalue weighted by Gasteiger charge is 2.13. The molecule has 0 radical (unpaired) electrons. The molecule has 0 spiro atoms. The average Bonchev–Trinajstić information content (AvgIpc) is 2.92. The molecular weight excluding hydrogens is 434 g/mol. The zero-order valence-corrected chi connectivity index (χ0v) is 18.7. The minimum absolute atomic E-state index is 0.572. The first-order valence-electron chi connectivity index (χ1n) is 11.2. The molecule has 0 atom stereocenters. The summed E-state index contributed by atoms with van der Waals surface area (Å²) in [5, 5.41) is 4.09. The maximum Gasteiger partial charge on any atom is 0.165 e. The molecule has 0 aliphatic rings. The Bertz CT molecular complexity index is 1790. The average molecular weight is 451 g/mol. The largest absolute Gasteiger partial charge is 0.254 e. The van der Waals surface area contributed by atoms with E-state index in [0.29, 0.717) is 17.5 Å². The number of benzene rings is 2. The van der Waals surface area contributed by atoms with E-state index in [0.717, 1.165) is 54.7 Å². The van der Waals surface area contributed by atoms with E-state index in [-0.39, 0.29) is 0 Å². The van der Waals surface area contributed by atoms with Crippen LogP contribution in [0.4, 0.5) is 0 Å². The van der Waals surface area contributed by atoms with E-state index in [1.54, 1.807) is 24.8 Å². The molecule has 0 N–H and O–H groups in total. The molecule has 7 rings (SSSR count). The summed E-state index contributed by atoms with van der Waals surface area (Å²) in [4.78, 5) is 32.4. The standard InChI is InChI=1S/C28H17N7/c1-16-33-27(21-12-19-8-6-17-4-2-10-29-23(17)25(19)31-14-21)35-28(34-16)22-13-20-9-7-18-5-3-11-30-24(18)26(20)32-15-22/h2-15H,1H3. The quantitative estimate of drug-likeness (QED) is 0.311. The third kappa shape index (κ3) is 3.25. The van der Waals surface area contributed by atoms with Crippen molar-refractivity contribution in [2.45, 2.75) is 6.92 Å². The lowest BCUT2D eigenvalue weighted by Gasteiger charge is -2.08. The highest BCUT2D eigenvalue weighted by molar-refractivity contribution is 6.04. The maximum atomic E-state index is 4.78. The minimum atomic E-state index is 0.572. The molecule has 0 unspecified atom stereocenters. The van der Waals surface area contributed by atoms with Crippen molar-refractivity contribution in [3.8, 4) is 22.8 Å². The lowest BCUT2D eigenvalue weighted by molar-refractivity contribution is 0.990. The van der Waals surface area contributed by atoms with Gasteiger partial charge >= 0.3 is 0 Å². The lowest BCUT2D eigenvalue weighted by atomic mass is 10.1. The lowest BCUT2D eigenvalue weighted by Crippen LogP contribution is -2.00. The predicted octanol–water partition coefficient (Wildman–Crippen LogP) is 5.71. The molecule has 0 aliphatic heterocycles. The van der Waals surface area contributed by atoms with Crippen LogP contribution in [0, 0.1) is 6.92 Å². The summed E-state index contributed by atoms with van der Waals surface area (Å²) in [5.41, 5.74) is 5.13. The number of aryl methyl sites for hydroxylation is 1. The van der Waals surface area contributed by atoms with Crippen LogP contribution < -0.4 is 0 Å². The van der Waals surface area contributed by atoms with E-state index >= 15 is 0 Å². The van der Waals surface area contributed by atoms with Crippen molar-refractivity contribution < 1.29 is 0 Å². The molecule has 7 nitrogen and oxygen atoms in total. The Labute approximate surface area is 199 Å². The first-order valence-corrected chi connectivity index (χ1v) is 11.2. The van der Waals surface area contributed by atoms with Crippen molar-refractivity contribution in [1.29, 1.82) is 0 Å². The van der Waals surface area contributed by atoms with E-state index in [1.165, 1.54) is 0 Å². The topological polar surface area (TPSA) is 90.2 Å². The van der Waals surface area contributed by atoms with Gasteiger partial charge in [-0.05, 0) is 31.2 Å². The molecule has 0 saturated carbocycles. The fourth-order valence-corrected chi connectivity index (χ4v) is 4.46. The summed E-state index contributed by atoms with van der Waals surface area (Å²) in [7, 11) is 0. The highest BCUT2D eigenvalue weighted by Crippen LogP contribution is 2.28. The van der Waals surface area contributed by atoms with Crippen LogP contribution in [0.2, 0.25) is 0 Å². The molecule has 5 aromatic heterocycles. The first-order chi connectivity index (χ1) is 17.2. The Morgan fingerprint density at radius 1 is 0.486 bits per heavy atom. The zero-order chi connectivity index (χ0) is 23.4. The van der Waals surface area contributed by atoms with Gasteiger partial charge < -0.3 is 0 Å². The number of rotatable bonds is 2. The van der Waals surface area contributed by atoms with Crippen molar-refractivity contribution >= 4 is 43.6 Å². The molecule has 7 aromatic rings. The van der Waals surface area contributed by atoms with Crippen molar-refractivity contribution in [2.75, 3.05) is 0 Å². The van der Waals surface area contributed by atoms with Gasteiger partial charge in [-0.2, -0.15) is 0 Å². The second kappa shape index (κ2) is 7.56. The van der Waals surface area contributed by atoms with Gasteiger partial charge in [0.15, 0.2) is 11.6 Å². The monoisotopic (exact) mass is 451 g/mol. The van der Waals surface area contributed by atoms with Gasteiger partial charge in [-0.3, -0.25) is 19.9 Å². The van der Waals surface area contributed by atoms with Crippen molar-refractivity contribution in [3.05, 3.63) is 91.3 Å². The molecule has 35 heavy (non-hydrogen) atoms. The van der Waals surface area contributed by atoms with Crippen LogP contribution in [0.3, 0.4) is 0 Å². The molecule has 0 fully saturated rings. The van der Waals surface area contributed by atoms with Crippen LogP contribution in [0.15, 0.2) is 85.5 Å². The van der Waals surface area contributed by atoms with E-state index < -0.39 is 0 Å². The normalized spacial score (nSPS) is 11.6. The van der Waals surface area contributed by atoms with E-state index in [1.807, 2.05) is 43.3 Å². The smallest absolute Gasteiger partial charge is 0.165 e. The molecule has 5 heterocycles. The molecule has 0 amide bonds. The Morgan fingerprint density at radius 2 is 0.943 bits per heavy atom. The van der Waals surface area contributed by atoms with Crippen molar-refractivity contribution in [1.82, 2.24) is 34.9 Å². The second-order valence-electron chi connectivity index (χ2n) is 8.40. The number of nitrogens with zero attached hydrogens (tertiary/aromatic N) is 7. The van der Waals surface area contributed by atoms with Crippen LogP contribution in [-0.2, 0) is 0 Å². The third-order valence-corrected chi connectivity index (χ3v) is 6.11. The number of aromatic nitrogens is 7. The fraction of sp³-hybridized carbons (Fsp3) is 0.0357. The number of pyridine rings is 4. The summed E-state index contributed by atoms with van der Waals surface area (Å²) < 4.78 is 0. The third-order valence-electron chi connectivity index (χ3n) is 6.11. The molecule has 164 valence electrons. The van der Waals surface area contributed by atoms with E-state index in [2.05, 4.69) is 44.2 Å². The summed E-state index contributed by atoms with van der Waals surface area (Å²) in [6.07, 6.45) is 7.17. The Balaban J connectivity index is 1.35. The SMILES string of the molecule is Cc1nc(-c2cnc3c(ccc4cccnc43)c2)nc(-c2cnc3c(ccc4cccnc43)c2)n1. The van der Waals surface area contributed by atoms with E-state index in [4.69, 9.17) is 15.0 Å². The van der Waals surface area contributed by atoms with Gasteiger partial charge in [0.1, 0.15) is 5.82 Å². The van der Waals surface area contributed by atoms with Crippen LogP contribution in [0.1, 0.15) is 5.82 Å². The van der Waals surface area contributed by atoms with Crippen LogP contribution in [0.25, 0.3) is 66.4 Å². The number of hydrogen-bond acceptors (Lipinski definition) is 7. The van der Waals surface area contributed by atoms with Crippen molar-refractivity contribution in [2.24, 2.45) is 0 Å². The number of fused-ring (bicyclic) bond motifs is 6. The second-order valence-corrected chi connectivity index (χ2v) is 8.40. The van der Waals surface area contributed by atoms with Gasteiger partial charge in [-0.1, -0.05) is 36.4 Å². The fourth-order valence-electron chi connectivity index (χ4n) is 4.46. The summed E-state index contributed by atoms with van der Waals surface area (Å²) in [5.74, 6) is 1.78. The summed E-state index contributed by atoms with van der Waals surface area (Å²) in [6.45, 7) is 1.87. The predicted molar refractivity (Wildman–Crippen MR) is 137 cm³/mol. The molecular formula is C28H17N7. The molecule has 7 heteroatoms. The van der Waals surface area contributed by atoms with Gasteiger partial charge in [0.2, 0.25) is 0 Å². The van der Waals surface area contributed by atoms with Crippen LogP contribution in [-0.4, -0.2) is 34.9 Å². The van der Waals surface area contributed by atoms with Gasteiger partial charge in [0, 0.05) is 57.5 Å². The van der Waals surface area contributed by atoms with Gasteiger partial charge in [-0.15, -0.1) is 0 Å². The molecule has 0 aliphatic carbocycles. The van der Waals surface area contributed by atoms with Crippen molar-refractivity contribution in [3.63, 3.8) is 0 Å². The Kier molecular flexibility index (Phi) is 4.22. The maximum absolute atomic E-state index is 4.78. The van der Waals surface area contributed by atoms with Crippen LogP contribution >= 0.6 is 0 Å². The van der Waals surface area contributed by atoms with Gasteiger partial charge in [0.05, 0.1) is 22.1 Å². The Hall–Kier alpha value is -4.91. The minimum Gasteiger partial charge on any atom is -0.254 e. The van der Waals surface area contributed by atoms with E-state index in [9.17, 15) is 0 Å².